The molecule has 2 aromatic heterocycles. The third kappa shape index (κ3) is 6.58. The second-order valence-electron chi connectivity index (χ2n) is 5.49. The molecule has 0 aliphatic rings. The van der Waals surface area contributed by atoms with E-state index < -0.39 is 6.10 Å². The van der Waals surface area contributed by atoms with Gasteiger partial charge in [0.15, 0.2) is 0 Å². The molecule has 0 radical (unpaired) electrons. The fourth-order valence-electron chi connectivity index (χ4n) is 2.29. The van der Waals surface area contributed by atoms with Crippen molar-refractivity contribution in [2.24, 2.45) is 0 Å². The predicted octanol–water partition coefficient (Wildman–Crippen LogP) is 2.21. The van der Waals surface area contributed by atoms with Gasteiger partial charge in [-0.05, 0) is 31.2 Å². The van der Waals surface area contributed by atoms with Gasteiger partial charge in [0.1, 0.15) is 23.9 Å². The van der Waals surface area contributed by atoms with Crippen LogP contribution in [0.2, 0.25) is 0 Å². The largest absolute Gasteiger partial charge is 0.467 e. The van der Waals surface area contributed by atoms with E-state index in [1.54, 1.807) is 13.4 Å². The number of rotatable bonds is 11. The summed E-state index contributed by atoms with van der Waals surface area (Å²) in [5, 5.41) is 10.2. The van der Waals surface area contributed by atoms with Crippen LogP contribution in [0.15, 0.2) is 39.4 Å². The van der Waals surface area contributed by atoms with Gasteiger partial charge in [-0.2, -0.15) is 0 Å². The average molecular weight is 323 g/mol. The number of hydrogen-bond donors (Lipinski definition) is 1. The van der Waals surface area contributed by atoms with E-state index in [0.717, 1.165) is 17.3 Å². The molecule has 1 atom stereocenters. The van der Waals surface area contributed by atoms with E-state index in [4.69, 9.17) is 18.3 Å². The van der Waals surface area contributed by atoms with Crippen molar-refractivity contribution in [2.75, 3.05) is 33.4 Å². The maximum atomic E-state index is 10.2. The summed E-state index contributed by atoms with van der Waals surface area (Å²) in [5.41, 5.74) is 0. The zero-order chi connectivity index (χ0) is 16.5. The van der Waals surface area contributed by atoms with Gasteiger partial charge < -0.3 is 23.4 Å². The standard InChI is InChI=1S/C17H25NO5/c1-14-5-6-16(23-14)11-18(7-9-20-2)10-15(19)12-21-13-17-4-3-8-22-17/h3-6,8,15,19H,7,9-13H2,1-2H3. The van der Waals surface area contributed by atoms with E-state index in [0.29, 0.717) is 32.8 Å². The van der Waals surface area contributed by atoms with E-state index in [1.165, 1.54) is 0 Å². The fraction of sp³-hybridized carbons (Fsp3) is 0.529. The number of methoxy groups -OCH3 is 1. The molecule has 0 saturated heterocycles. The van der Waals surface area contributed by atoms with E-state index in [9.17, 15) is 5.11 Å². The van der Waals surface area contributed by atoms with Gasteiger partial charge in [-0.25, -0.2) is 0 Å². The maximum absolute atomic E-state index is 10.2. The molecule has 2 heterocycles. The van der Waals surface area contributed by atoms with Gasteiger partial charge in [0.05, 0.1) is 32.1 Å². The van der Waals surface area contributed by atoms with Gasteiger partial charge in [-0.3, -0.25) is 4.90 Å². The molecule has 1 unspecified atom stereocenters. The van der Waals surface area contributed by atoms with E-state index >= 15 is 0 Å². The van der Waals surface area contributed by atoms with Crippen LogP contribution in [0.4, 0.5) is 0 Å². The van der Waals surface area contributed by atoms with Crippen molar-refractivity contribution in [2.45, 2.75) is 26.2 Å². The Morgan fingerprint density at radius 2 is 2.13 bits per heavy atom. The minimum atomic E-state index is -0.585. The quantitative estimate of drug-likeness (QED) is 0.684. The van der Waals surface area contributed by atoms with Crippen molar-refractivity contribution in [1.82, 2.24) is 4.90 Å². The highest BCUT2D eigenvalue weighted by molar-refractivity contribution is 5.05. The minimum absolute atomic E-state index is 0.251. The molecule has 1 N–H and O–H groups in total. The van der Waals surface area contributed by atoms with Gasteiger partial charge in [0.25, 0.3) is 0 Å². The fourth-order valence-corrected chi connectivity index (χ4v) is 2.29. The second kappa shape index (κ2) is 9.52. The summed E-state index contributed by atoms with van der Waals surface area (Å²) in [5.74, 6) is 2.51. The molecule has 0 bridgehead atoms. The summed E-state index contributed by atoms with van der Waals surface area (Å²) < 4.78 is 21.4. The summed E-state index contributed by atoms with van der Waals surface area (Å²) in [6.07, 6.45) is 1.02. The lowest BCUT2D eigenvalue weighted by molar-refractivity contribution is -0.000513. The van der Waals surface area contributed by atoms with Gasteiger partial charge in [-0.15, -0.1) is 0 Å². The average Bonchev–Trinajstić information content (AvgIpc) is 3.17. The Morgan fingerprint density at radius 3 is 2.78 bits per heavy atom. The molecule has 0 aliphatic heterocycles. The first kappa shape index (κ1) is 17.7. The van der Waals surface area contributed by atoms with Crippen molar-refractivity contribution in [3.8, 4) is 0 Å². The number of ether oxygens (including phenoxy) is 2. The smallest absolute Gasteiger partial charge is 0.129 e. The lowest BCUT2D eigenvalue weighted by Gasteiger charge is -2.23. The summed E-state index contributed by atoms with van der Waals surface area (Å²) in [6, 6.07) is 7.55. The van der Waals surface area contributed by atoms with Crippen LogP contribution >= 0.6 is 0 Å². The number of aliphatic hydroxyl groups is 1. The maximum Gasteiger partial charge on any atom is 0.129 e. The molecule has 0 fully saturated rings. The van der Waals surface area contributed by atoms with Crippen LogP contribution in [0, 0.1) is 6.92 Å². The number of aryl methyl sites for hydroxylation is 1. The topological polar surface area (TPSA) is 68.2 Å². The molecule has 0 saturated carbocycles. The summed E-state index contributed by atoms with van der Waals surface area (Å²) in [6.45, 7) is 4.96. The first-order chi connectivity index (χ1) is 11.2. The van der Waals surface area contributed by atoms with Crippen molar-refractivity contribution in [3.63, 3.8) is 0 Å². The minimum Gasteiger partial charge on any atom is -0.467 e. The molecule has 23 heavy (non-hydrogen) atoms. The molecule has 2 aromatic rings. The molecular weight excluding hydrogens is 298 g/mol. The number of furan rings is 2. The van der Waals surface area contributed by atoms with Crippen LogP contribution in [0.5, 0.6) is 0 Å². The third-order valence-electron chi connectivity index (χ3n) is 3.39. The summed E-state index contributed by atoms with van der Waals surface area (Å²) in [7, 11) is 1.66. The van der Waals surface area contributed by atoms with Crippen LogP contribution in [-0.4, -0.2) is 49.5 Å². The second-order valence-corrected chi connectivity index (χ2v) is 5.49. The van der Waals surface area contributed by atoms with E-state index in [2.05, 4.69) is 4.90 Å². The molecule has 0 aliphatic carbocycles. The van der Waals surface area contributed by atoms with Crippen molar-refractivity contribution >= 4 is 0 Å². The van der Waals surface area contributed by atoms with Gasteiger partial charge in [0, 0.05) is 20.2 Å². The van der Waals surface area contributed by atoms with Crippen molar-refractivity contribution in [3.05, 3.63) is 47.8 Å². The monoisotopic (exact) mass is 323 g/mol. The van der Waals surface area contributed by atoms with Crippen molar-refractivity contribution < 1.29 is 23.4 Å². The summed E-state index contributed by atoms with van der Waals surface area (Å²) >= 11 is 0. The van der Waals surface area contributed by atoms with Crippen LogP contribution in [0.3, 0.4) is 0 Å². The molecular formula is C17H25NO5. The highest BCUT2D eigenvalue weighted by atomic mass is 16.5. The SMILES string of the molecule is COCCN(Cc1ccc(C)o1)CC(O)COCc1ccco1. The Bertz CT molecular complexity index is 537. The van der Waals surface area contributed by atoms with E-state index in [-0.39, 0.29) is 6.61 Å². The molecule has 128 valence electrons. The third-order valence-corrected chi connectivity index (χ3v) is 3.39. The Morgan fingerprint density at radius 1 is 1.26 bits per heavy atom. The predicted molar refractivity (Wildman–Crippen MR) is 85.0 cm³/mol. The lowest BCUT2D eigenvalue weighted by Crippen LogP contribution is -2.36. The number of aliphatic hydroxyl groups excluding tert-OH is 1. The molecule has 0 amide bonds. The number of hydrogen-bond acceptors (Lipinski definition) is 6. The van der Waals surface area contributed by atoms with Crippen LogP contribution < -0.4 is 0 Å². The highest BCUT2D eigenvalue weighted by Gasteiger charge is 2.14. The molecule has 0 spiro atoms. The van der Waals surface area contributed by atoms with Crippen LogP contribution in [0.25, 0.3) is 0 Å². The first-order valence-electron chi connectivity index (χ1n) is 7.72. The Balaban J connectivity index is 1.76. The normalized spacial score (nSPS) is 12.9. The van der Waals surface area contributed by atoms with Crippen molar-refractivity contribution in [1.29, 1.82) is 0 Å². The number of nitrogens with zero attached hydrogens (tertiary/aromatic N) is 1. The summed E-state index contributed by atoms with van der Waals surface area (Å²) in [4.78, 5) is 2.09. The van der Waals surface area contributed by atoms with Gasteiger partial charge in [-0.1, -0.05) is 0 Å². The van der Waals surface area contributed by atoms with Crippen LogP contribution in [0.1, 0.15) is 17.3 Å². The first-order valence-corrected chi connectivity index (χ1v) is 7.72. The molecule has 0 aromatic carbocycles. The molecule has 2 rings (SSSR count). The highest BCUT2D eigenvalue weighted by Crippen LogP contribution is 2.10. The molecule has 6 heteroatoms. The van der Waals surface area contributed by atoms with Crippen LogP contribution in [-0.2, 0) is 22.6 Å². The zero-order valence-corrected chi connectivity index (χ0v) is 13.7. The Labute approximate surface area is 136 Å². The Kier molecular flexibility index (Phi) is 7.35. The lowest BCUT2D eigenvalue weighted by atomic mass is 10.3. The van der Waals surface area contributed by atoms with E-state index in [1.807, 2.05) is 31.2 Å². The van der Waals surface area contributed by atoms with Gasteiger partial charge in [0.2, 0.25) is 0 Å². The Hall–Kier alpha value is -1.60. The zero-order valence-electron chi connectivity index (χ0n) is 13.7. The molecule has 6 nitrogen and oxygen atoms in total. The van der Waals surface area contributed by atoms with Gasteiger partial charge >= 0.3 is 0 Å².